The van der Waals surface area contributed by atoms with Crippen LogP contribution in [0.2, 0.25) is 0 Å². The Morgan fingerprint density at radius 2 is 2.09 bits per heavy atom. The summed E-state index contributed by atoms with van der Waals surface area (Å²) in [7, 11) is 1.32. The molecule has 7 nitrogen and oxygen atoms in total. The van der Waals surface area contributed by atoms with Gasteiger partial charge in [0.25, 0.3) is 0 Å². The molecule has 0 N–H and O–H groups in total. The number of amides is 1. The van der Waals surface area contributed by atoms with E-state index in [0.717, 1.165) is 5.75 Å². The van der Waals surface area contributed by atoms with E-state index in [4.69, 9.17) is 9.57 Å². The number of hydrogen-bond acceptors (Lipinski definition) is 6. The summed E-state index contributed by atoms with van der Waals surface area (Å²) in [6.07, 6.45) is 0.394. The third-order valence-corrected chi connectivity index (χ3v) is 4.03. The largest absolute Gasteiger partial charge is 0.491 e. The molecule has 1 aromatic carbocycles. The third-order valence-electron chi connectivity index (χ3n) is 4.03. The fourth-order valence-corrected chi connectivity index (χ4v) is 2.83. The van der Waals surface area contributed by atoms with Crippen molar-refractivity contribution in [2.45, 2.75) is 18.6 Å². The van der Waals surface area contributed by atoms with E-state index in [0.29, 0.717) is 26.1 Å². The Hall–Kier alpha value is -2.12. The molecule has 0 spiro atoms. The summed E-state index contributed by atoms with van der Waals surface area (Å²) in [5, 5.41) is 1.70. The average molecular weight is 320 g/mol. The minimum absolute atomic E-state index is 0.00907. The lowest BCUT2D eigenvalue weighted by molar-refractivity contribution is -0.193. The second-order valence-electron chi connectivity index (χ2n) is 5.58. The van der Waals surface area contributed by atoms with Gasteiger partial charge in [-0.3, -0.25) is 14.4 Å². The molecule has 0 aromatic heterocycles. The van der Waals surface area contributed by atoms with Crippen LogP contribution in [0.5, 0.6) is 5.75 Å². The number of ether oxygens (including phenoxy) is 2. The van der Waals surface area contributed by atoms with Crippen LogP contribution in [0.4, 0.5) is 0 Å². The average Bonchev–Trinajstić information content (AvgIpc) is 3.00. The summed E-state index contributed by atoms with van der Waals surface area (Å²) < 4.78 is 10.3. The number of carbonyl (C=O) groups excluding carboxylic acids is 2. The van der Waals surface area contributed by atoms with Crippen molar-refractivity contribution >= 4 is 11.9 Å². The van der Waals surface area contributed by atoms with Crippen molar-refractivity contribution < 1.29 is 23.9 Å². The SMILES string of the molecule is COC(=O)CN1CCN2OC(COc3ccccc3)CC2C1=O. The van der Waals surface area contributed by atoms with Crippen LogP contribution in [0.15, 0.2) is 30.3 Å². The van der Waals surface area contributed by atoms with Crippen molar-refractivity contribution in [1.82, 2.24) is 9.96 Å². The molecular formula is C16H20N2O5. The molecule has 23 heavy (non-hydrogen) atoms. The minimum Gasteiger partial charge on any atom is -0.491 e. The van der Waals surface area contributed by atoms with Crippen molar-refractivity contribution in [2.75, 3.05) is 33.4 Å². The van der Waals surface area contributed by atoms with E-state index >= 15 is 0 Å². The molecule has 0 bridgehead atoms. The highest BCUT2D eigenvalue weighted by molar-refractivity contribution is 5.86. The zero-order chi connectivity index (χ0) is 16.2. The maximum Gasteiger partial charge on any atom is 0.325 e. The Morgan fingerprint density at radius 1 is 1.30 bits per heavy atom. The van der Waals surface area contributed by atoms with Gasteiger partial charge in [0.1, 0.15) is 31.0 Å². The second-order valence-corrected chi connectivity index (χ2v) is 5.58. The zero-order valence-corrected chi connectivity index (χ0v) is 13.0. The Kier molecular flexibility index (Phi) is 4.78. The van der Waals surface area contributed by atoms with Crippen LogP contribution in [-0.4, -0.2) is 67.3 Å². The van der Waals surface area contributed by atoms with Gasteiger partial charge in [-0.05, 0) is 12.1 Å². The number of fused-ring (bicyclic) bond motifs is 1. The number of para-hydroxylation sites is 1. The van der Waals surface area contributed by atoms with Crippen LogP contribution in [0.1, 0.15) is 6.42 Å². The molecule has 0 saturated carbocycles. The zero-order valence-electron chi connectivity index (χ0n) is 13.0. The number of carbonyl (C=O) groups is 2. The van der Waals surface area contributed by atoms with Gasteiger partial charge in [-0.15, -0.1) is 0 Å². The number of rotatable bonds is 5. The molecule has 7 heteroatoms. The molecule has 2 aliphatic heterocycles. The van der Waals surface area contributed by atoms with E-state index < -0.39 is 5.97 Å². The van der Waals surface area contributed by atoms with E-state index in [1.807, 2.05) is 30.3 Å². The summed E-state index contributed by atoms with van der Waals surface area (Å²) in [5.41, 5.74) is 0. The van der Waals surface area contributed by atoms with Crippen molar-refractivity contribution in [2.24, 2.45) is 0 Å². The topological polar surface area (TPSA) is 68.3 Å². The lowest BCUT2D eigenvalue weighted by Crippen LogP contribution is -2.55. The van der Waals surface area contributed by atoms with Gasteiger partial charge in [-0.2, -0.15) is 5.06 Å². The van der Waals surface area contributed by atoms with Gasteiger partial charge < -0.3 is 14.4 Å². The number of methoxy groups -OCH3 is 1. The smallest absolute Gasteiger partial charge is 0.325 e. The molecule has 2 heterocycles. The van der Waals surface area contributed by atoms with E-state index in [9.17, 15) is 9.59 Å². The van der Waals surface area contributed by atoms with E-state index in [2.05, 4.69) is 4.74 Å². The monoisotopic (exact) mass is 320 g/mol. The van der Waals surface area contributed by atoms with Crippen LogP contribution in [0, 0.1) is 0 Å². The molecule has 1 amide bonds. The summed E-state index contributed by atoms with van der Waals surface area (Å²) in [5.74, 6) is 0.276. The number of benzene rings is 1. The molecule has 2 fully saturated rings. The van der Waals surface area contributed by atoms with Crippen LogP contribution < -0.4 is 4.74 Å². The van der Waals surface area contributed by atoms with E-state index in [-0.39, 0.29) is 24.6 Å². The summed E-state index contributed by atoms with van der Waals surface area (Å²) >= 11 is 0. The van der Waals surface area contributed by atoms with Crippen molar-refractivity contribution in [3.05, 3.63) is 30.3 Å². The minimum atomic E-state index is -0.408. The molecule has 2 unspecified atom stereocenters. The molecule has 3 rings (SSSR count). The molecule has 1 aromatic rings. The third kappa shape index (κ3) is 3.62. The van der Waals surface area contributed by atoms with Gasteiger partial charge in [0, 0.05) is 19.5 Å². The van der Waals surface area contributed by atoms with Crippen LogP contribution in [-0.2, 0) is 19.2 Å². The van der Waals surface area contributed by atoms with Crippen LogP contribution >= 0.6 is 0 Å². The highest BCUT2D eigenvalue weighted by atomic mass is 16.7. The van der Waals surface area contributed by atoms with Crippen molar-refractivity contribution in [1.29, 1.82) is 0 Å². The first-order valence-corrected chi connectivity index (χ1v) is 7.64. The van der Waals surface area contributed by atoms with Gasteiger partial charge in [0.15, 0.2) is 0 Å². The normalized spacial score (nSPS) is 24.4. The first kappa shape index (κ1) is 15.8. The van der Waals surface area contributed by atoms with E-state index in [1.165, 1.54) is 12.0 Å². The molecule has 0 radical (unpaired) electrons. The Morgan fingerprint density at radius 3 is 2.83 bits per heavy atom. The highest BCUT2D eigenvalue weighted by Crippen LogP contribution is 2.26. The predicted molar refractivity (Wildman–Crippen MR) is 80.5 cm³/mol. The maximum atomic E-state index is 12.4. The molecule has 0 aliphatic carbocycles. The number of piperazine rings is 1. The number of nitrogens with zero attached hydrogens (tertiary/aromatic N) is 2. The van der Waals surface area contributed by atoms with Crippen LogP contribution in [0.3, 0.4) is 0 Å². The van der Waals surface area contributed by atoms with Gasteiger partial charge in [0.2, 0.25) is 5.91 Å². The standard InChI is InChI=1S/C16H20N2O5/c1-21-15(19)10-17-7-8-18-14(16(17)20)9-13(23-18)11-22-12-5-3-2-4-6-12/h2-6,13-14H,7-11H2,1H3. The first-order chi connectivity index (χ1) is 11.2. The quantitative estimate of drug-likeness (QED) is 0.734. The van der Waals surface area contributed by atoms with Crippen molar-refractivity contribution in [3.63, 3.8) is 0 Å². The second kappa shape index (κ2) is 6.97. The molecule has 2 atom stereocenters. The Bertz CT molecular complexity index is 565. The van der Waals surface area contributed by atoms with Crippen molar-refractivity contribution in [3.8, 4) is 5.75 Å². The van der Waals surface area contributed by atoms with Crippen LogP contribution in [0.25, 0.3) is 0 Å². The van der Waals surface area contributed by atoms with Gasteiger partial charge in [-0.25, -0.2) is 0 Å². The number of hydrogen-bond donors (Lipinski definition) is 0. The molecule has 124 valence electrons. The fourth-order valence-electron chi connectivity index (χ4n) is 2.83. The molecule has 2 aliphatic rings. The summed E-state index contributed by atoms with van der Waals surface area (Å²) in [6, 6.07) is 9.15. The number of hydroxylamine groups is 2. The summed E-state index contributed by atoms with van der Waals surface area (Å²) in [6.45, 7) is 1.41. The predicted octanol–water partition coefficient (Wildman–Crippen LogP) is 0.455. The van der Waals surface area contributed by atoms with E-state index in [1.54, 1.807) is 5.06 Å². The van der Waals surface area contributed by atoms with Gasteiger partial charge >= 0.3 is 5.97 Å². The molecule has 2 saturated heterocycles. The van der Waals surface area contributed by atoms with Gasteiger partial charge in [0.05, 0.1) is 7.11 Å². The maximum absolute atomic E-state index is 12.4. The van der Waals surface area contributed by atoms with Gasteiger partial charge in [-0.1, -0.05) is 18.2 Å². The Balaban J connectivity index is 1.54. The Labute approximate surface area is 134 Å². The lowest BCUT2D eigenvalue weighted by atomic mass is 10.1. The molecular weight excluding hydrogens is 300 g/mol. The summed E-state index contributed by atoms with van der Waals surface area (Å²) in [4.78, 5) is 31.1. The lowest BCUT2D eigenvalue weighted by Gasteiger charge is -2.34. The first-order valence-electron chi connectivity index (χ1n) is 7.64. The fraction of sp³-hybridized carbons (Fsp3) is 0.500. The number of esters is 1. The highest BCUT2D eigenvalue weighted by Gasteiger charge is 2.44.